The molecule has 0 spiro atoms. The summed E-state index contributed by atoms with van der Waals surface area (Å²) in [7, 11) is 0. The predicted molar refractivity (Wildman–Crippen MR) is 128 cm³/mol. The zero-order valence-electron chi connectivity index (χ0n) is 19.5. The van der Waals surface area contributed by atoms with E-state index in [0.29, 0.717) is 0 Å². The highest BCUT2D eigenvalue weighted by atomic mass is 16.5. The fourth-order valence-electron chi connectivity index (χ4n) is 3.67. The lowest BCUT2D eigenvalue weighted by molar-refractivity contribution is 0.280. The van der Waals surface area contributed by atoms with Gasteiger partial charge >= 0.3 is 0 Å². The first kappa shape index (κ1) is 24.4. The number of aryl methyl sites for hydroxylation is 1. The first-order valence-corrected chi connectivity index (χ1v) is 12.3. The minimum atomic E-state index is 0.736. The first-order chi connectivity index (χ1) is 14.7. The van der Waals surface area contributed by atoms with Crippen LogP contribution in [-0.4, -0.2) is 16.6 Å². The molecule has 1 atom stereocenters. The van der Waals surface area contributed by atoms with E-state index in [2.05, 4.69) is 37.9 Å². The van der Waals surface area contributed by atoms with Crippen LogP contribution in [0.5, 0.6) is 5.88 Å². The minimum Gasteiger partial charge on any atom is -0.477 e. The number of hydrogen-bond acceptors (Lipinski definition) is 3. The van der Waals surface area contributed by atoms with E-state index < -0.39 is 0 Å². The molecule has 0 saturated carbocycles. The highest BCUT2D eigenvalue weighted by molar-refractivity contribution is 5.55. The van der Waals surface area contributed by atoms with Crippen LogP contribution < -0.4 is 4.74 Å². The average molecular weight is 411 g/mol. The zero-order valence-corrected chi connectivity index (χ0v) is 19.5. The Morgan fingerprint density at radius 3 is 2.27 bits per heavy atom. The molecule has 1 aromatic carbocycles. The number of unbranched alkanes of at least 4 members (excludes halogenated alkanes) is 7. The third-order valence-electron chi connectivity index (χ3n) is 5.93. The molecule has 0 bridgehead atoms. The van der Waals surface area contributed by atoms with Crippen LogP contribution >= 0.6 is 0 Å². The maximum atomic E-state index is 6.17. The Morgan fingerprint density at radius 2 is 1.57 bits per heavy atom. The van der Waals surface area contributed by atoms with E-state index in [4.69, 9.17) is 9.72 Å². The van der Waals surface area contributed by atoms with E-state index in [1.54, 1.807) is 0 Å². The molecule has 1 aromatic heterocycles. The molecule has 1 heterocycles. The molecule has 3 nitrogen and oxygen atoms in total. The minimum absolute atomic E-state index is 0.736. The van der Waals surface area contributed by atoms with Crippen LogP contribution in [0.25, 0.3) is 11.4 Å². The second-order valence-corrected chi connectivity index (χ2v) is 8.62. The van der Waals surface area contributed by atoms with Crippen molar-refractivity contribution in [3.8, 4) is 17.3 Å². The Morgan fingerprint density at radius 1 is 0.867 bits per heavy atom. The van der Waals surface area contributed by atoms with Gasteiger partial charge in [-0.3, -0.25) is 0 Å². The van der Waals surface area contributed by atoms with Crippen molar-refractivity contribution in [1.29, 1.82) is 0 Å². The van der Waals surface area contributed by atoms with Gasteiger partial charge in [-0.1, -0.05) is 102 Å². The Bertz CT molecular complexity index is 687. The molecule has 2 aromatic rings. The highest BCUT2D eigenvalue weighted by Gasteiger charge is 2.11. The number of aromatic nitrogens is 2. The normalized spacial score (nSPS) is 12.1. The molecule has 0 radical (unpaired) electrons. The zero-order chi connectivity index (χ0) is 21.4. The van der Waals surface area contributed by atoms with E-state index in [0.717, 1.165) is 48.2 Å². The molecular weight excluding hydrogens is 368 g/mol. The fourth-order valence-corrected chi connectivity index (χ4v) is 3.67. The van der Waals surface area contributed by atoms with Crippen LogP contribution in [0.4, 0.5) is 0 Å². The molecule has 30 heavy (non-hydrogen) atoms. The summed E-state index contributed by atoms with van der Waals surface area (Å²) in [6, 6.07) is 10.2. The van der Waals surface area contributed by atoms with Crippen LogP contribution in [0.1, 0.15) is 97.0 Å². The summed E-state index contributed by atoms with van der Waals surface area (Å²) in [5.74, 6) is 2.30. The molecule has 0 aliphatic carbocycles. The van der Waals surface area contributed by atoms with Gasteiger partial charge in [-0.25, -0.2) is 4.98 Å². The van der Waals surface area contributed by atoms with Crippen LogP contribution in [0.3, 0.4) is 0 Å². The molecule has 0 aliphatic heterocycles. The van der Waals surface area contributed by atoms with Crippen molar-refractivity contribution in [1.82, 2.24) is 9.97 Å². The molecule has 0 N–H and O–H groups in total. The largest absolute Gasteiger partial charge is 0.477 e. The van der Waals surface area contributed by atoms with Gasteiger partial charge in [0.1, 0.15) is 0 Å². The maximum Gasteiger partial charge on any atom is 0.220 e. The standard InChI is InChI=1S/C27H42N2O/c1-4-6-7-8-9-10-11-13-20-25-22-28-26(24-18-14-12-15-19-24)29-27(25)30-21-16-17-23(3)5-2/h12,14-15,18-19,22-23H,4-11,13,16-17,20-21H2,1-3H3. The van der Waals surface area contributed by atoms with E-state index in [1.807, 2.05) is 24.4 Å². The number of rotatable bonds is 16. The van der Waals surface area contributed by atoms with Crippen molar-refractivity contribution in [3.05, 3.63) is 42.1 Å². The summed E-state index contributed by atoms with van der Waals surface area (Å²) in [6.07, 6.45) is 17.1. The van der Waals surface area contributed by atoms with Crippen LogP contribution in [-0.2, 0) is 6.42 Å². The molecule has 2 rings (SSSR count). The van der Waals surface area contributed by atoms with E-state index >= 15 is 0 Å². The Labute approximate surface area is 184 Å². The lowest BCUT2D eigenvalue weighted by atomic mass is 10.0. The molecule has 0 amide bonds. The maximum absolute atomic E-state index is 6.17. The summed E-state index contributed by atoms with van der Waals surface area (Å²) in [5.41, 5.74) is 2.20. The average Bonchev–Trinajstić information content (AvgIpc) is 2.79. The third-order valence-corrected chi connectivity index (χ3v) is 5.93. The quantitative estimate of drug-likeness (QED) is 0.263. The molecular formula is C27H42N2O. The fraction of sp³-hybridized carbons (Fsp3) is 0.630. The van der Waals surface area contributed by atoms with Crippen molar-refractivity contribution in [3.63, 3.8) is 0 Å². The van der Waals surface area contributed by atoms with Gasteiger partial charge in [0.05, 0.1) is 6.61 Å². The van der Waals surface area contributed by atoms with Gasteiger partial charge in [0.2, 0.25) is 5.88 Å². The number of hydrogen-bond donors (Lipinski definition) is 0. The summed E-state index contributed by atoms with van der Waals surface area (Å²) in [5, 5.41) is 0. The smallest absolute Gasteiger partial charge is 0.220 e. The van der Waals surface area contributed by atoms with Gasteiger partial charge in [0.15, 0.2) is 5.82 Å². The second-order valence-electron chi connectivity index (χ2n) is 8.62. The molecule has 3 heteroatoms. The van der Waals surface area contributed by atoms with Crippen molar-refractivity contribution in [2.45, 2.75) is 97.8 Å². The molecule has 0 aliphatic rings. The summed E-state index contributed by atoms with van der Waals surface area (Å²) < 4.78 is 6.17. The van der Waals surface area contributed by atoms with E-state index in [1.165, 1.54) is 64.2 Å². The van der Waals surface area contributed by atoms with Crippen LogP contribution in [0, 0.1) is 5.92 Å². The van der Waals surface area contributed by atoms with Crippen molar-refractivity contribution in [2.75, 3.05) is 6.61 Å². The lowest BCUT2D eigenvalue weighted by Gasteiger charge is -2.13. The molecule has 0 fully saturated rings. The van der Waals surface area contributed by atoms with Crippen molar-refractivity contribution >= 4 is 0 Å². The summed E-state index contributed by atoms with van der Waals surface area (Å²) in [6.45, 7) is 7.57. The van der Waals surface area contributed by atoms with Gasteiger partial charge in [-0.05, 0) is 31.6 Å². The summed E-state index contributed by atoms with van der Waals surface area (Å²) >= 11 is 0. The lowest BCUT2D eigenvalue weighted by Crippen LogP contribution is -2.06. The SMILES string of the molecule is CCCCCCCCCCc1cnc(-c2ccccc2)nc1OCCCC(C)CC. The van der Waals surface area contributed by atoms with Crippen molar-refractivity contribution < 1.29 is 4.74 Å². The van der Waals surface area contributed by atoms with Gasteiger partial charge in [0, 0.05) is 17.3 Å². The van der Waals surface area contributed by atoms with Gasteiger partial charge in [-0.2, -0.15) is 4.98 Å². The van der Waals surface area contributed by atoms with Gasteiger partial charge < -0.3 is 4.74 Å². The summed E-state index contributed by atoms with van der Waals surface area (Å²) in [4.78, 5) is 9.43. The van der Waals surface area contributed by atoms with Crippen LogP contribution in [0.15, 0.2) is 36.5 Å². The number of ether oxygens (including phenoxy) is 1. The first-order valence-electron chi connectivity index (χ1n) is 12.3. The molecule has 166 valence electrons. The van der Waals surface area contributed by atoms with E-state index in [-0.39, 0.29) is 0 Å². The highest BCUT2D eigenvalue weighted by Crippen LogP contribution is 2.23. The molecule has 0 saturated heterocycles. The Hall–Kier alpha value is -1.90. The molecule has 1 unspecified atom stereocenters. The van der Waals surface area contributed by atoms with Gasteiger partial charge in [-0.15, -0.1) is 0 Å². The van der Waals surface area contributed by atoms with Crippen LogP contribution in [0.2, 0.25) is 0 Å². The Kier molecular flexibility index (Phi) is 12.2. The third kappa shape index (κ3) is 9.28. The topological polar surface area (TPSA) is 35.0 Å². The number of benzene rings is 1. The van der Waals surface area contributed by atoms with Crippen molar-refractivity contribution in [2.24, 2.45) is 5.92 Å². The van der Waals surface area contributed by atoms with E-state index in [9.17, 15) is 0 Å². The Balaban J connectivity index is 1.90. The van der Waals surface area contributed by atoms with Gasteiger partial charge in [0.25, 0.3) is 0 Å². The predicted octanol–water partition coefficient (Wildman–Crippen LogP) is 8.03. The number of nitrogens with zero attached hydrogens (tertiary/aromatic N) is 2. The monoisotopic (exact) mass is 410 g/mol. The second kappa shape index (κ2) is 15.0.